The largest absolute Gasteiger partial charge is 0.298 e. The highest BCUT2D eigenvalue weighted by Crippen LogP contribution is 2.31. The number of para-hydroxylation sites is 1. The average molecular weight is 369 g/mol. The van der Waals surface area contributed by atoms with E-state index in [2.05, 4.69) is 15.3 Å². The molecule has 3 aromatic heterocycles. The van der Waals surface area contributed by atoms with Crippen molar-refractivity contribution in [2.24, 2.45) is 0 Å². The summed E-state index contributed by atoms with van der Waals surface area (Å²) in [6.45, 7) is 0. The molecule has 0 saturated carbocycles. The second-order valence-electron chi connectivity index (χ2n) is 4.86. The molecule has 3 heterocycles. The van der Waals surface area contributed by atoms with Crippen molar-refractivity contribution in [2.45, 2.75) is 0 Å². The maximum Gasteiger partial charge on any atom is 0.250 e. The third kappa shape index (κ3) is 3.28. The van der Waals surface area contributed by atoms with Gasteiger partial charge in [-0.2, -0.15) is 0 Å². The van der Waals surface area contributed by atoms with Crippen LogP contribution in [0.4, 0.5) is 5.13 Å². The number of anilines is 1. The van der Waals surface area contributed by atoms with Gasteiger partial charge in [-0.3, -0.25) is 10.1 Å². The van der Waals surface area contributed by atoms with Crippen LogP contribution < -0.4 is 5.32 Å². The summed E-state index contributed by atoms with van der Waals surface area (Å²) in [4.78, 5) is 22.0. The van der Waals surface area contributed by atoms with Gasteiger partial charge in [-0.25, -0.2) is 9.97 Å². The first-order chi connectivity index (χ1) is 11.8. The summed E-state index contributed by atoms with van der Waals surface area (Å²) in [5.74, 6) is -0.186. The van der Waals surface area contributed by atoms with Crippen LogP contribution in [0.2, 0.25) is 0 Å². The third-order valence-electron chi connectivity index (χ3n) is 3.19. The van der Waals surface area contributed by atoms with Crippen LogP contribution in [0.25, 0.3) is 27.0 Å². The summed E-state index contributed by atoms with van der Waals surface area (Å²) >= 11 is 4.58. The van der Waals surface area contributed by atoms with E-state index in [1.807, 2.05) is 47.2 Å². The van der Waals surface area contributed by atoms with Gasteiger partial charge in [0.25, 0.3) is 0 Å². The zero-order valence-electron chi connectivity index (χ0n) is 12.3. The molecule has 0 saturated heterocycles. The number of carbonyl (C=O) groups excluding carboxylic acids is 1. The number of benzene rings is 1. The second kappa shape index (κ2) is 6.64. The normalized spacial score (nSPS) is 11.3. The molecule has 4 aromatic rings. The van der Waals surface area contributed by atoms with E-state index in [1.165, 1.54) is 17.4 Å². The third-order valence-corrected chi connectivity index (χ3v) is 5.84. The fraction of sp³-hybridized carbons (Fsp3) is 0. The number of fused-ring (bicyclic) bond motifs is 1. The lowest BCUT2D eigenvalue weighted by Crippen LogP contribution is -2.07. The molecule has 1 amide bonds. The van der Waals surface area contributed by atoms with Gasteiger partial charge in [-0.1, -0.05) is 18.2 Å². The van der Waals surface area contributed by atoms with Crippen LogP contribution in [-0.2, 0) is 4.79 Å². The molecule has 0 unspecified atom stereocenters. The topological polar surface area (TPSA) is 54.9 Å². The lowest BCUT2D eigenvalue weighted by Gasteiger charge is -1.95. The minimum Gasteiger partial charge on any atom is -0.298 e. The number of amides is 1. The number of hydrogen-bond acceptors (Lipinski definition) is 6. The van der Waals surface area contributed by atoms with Crippen molar-refractivity contribution in [3.8, 4) is 10.7 Å². The van der Waals surface area contributed by atoms with Crippen molar-refractivity contribution in [3.05, 3.63) is 58.1 Å². The van der Waals surface area contributed by atoms with E-state index in [0.717, 1.165) is 25.8 Å². The molecule has 0 aliphatic rings. The molecule has 4 nitrogen and oxygen atoms in total. The van der Waals surface area contributed by atoms with Crippen LogP contribution in [0, 0.1) is 0 Å². The molecular weight excluding hydrogens is 358 g/mol. The number of nitrogens with one attached hydrogen (secondary N) is 1. The fourth-order valence-electron chi connectivity index (χ4n) is 2.10. The summed E-state index contributed by atoms with van der Waals surface area (Å²) in [7, 11) is 0. The molecule has 0 aliphatic heterocycles. The van der Waals surface area contributed by atoms with Crippen molar-refractivity contribution >= 4 is 61.3 Å². The zero-order chi connectivity index (χ0) is 16.4. The predicted octanol–water partition coefficient (Wildman–Crippen LogP) is 5.13. The molecule has 0 aliphatic carbocycles. The van der Waals surface area contributed by atoms with Gasteiger partial charge in [-0.15, -0.1) is 34.0 Å². The molecular formula is C17H11N3OS3. The highest BCUT2D eigenvalue weighted by molar-refractivity contribution is 7.22. The Hall–Kier alpha value is -2.35. The molecule has 4 rings (SSSR count). The van der Waals surface area contributed by atoms with E-state index in [-0.39, 0.29) is 5.91 Å². The van der Waals surface area contributed by atoms with Crippen LogP contribution in [0.3, 0.4) is 0 Å². The molecule has 0 spiro atoms. The van der Waals surface area contributed by atoms with E-state index >= 15 is 0 Å². The molecule has 0 radical (unpaired) electrons. The van der Waals surface area contributed by atoms with Crippen LogP contribution in [0.1, 0.15) is 4.88 Å². The summed E-state index contributed by atoms with van der Waals surface area (Å²) in [6, 6.07) is 11.9. The molecule has 118 valence electrons. The summed E-state index contributed by atoms with van der Waals surface area (Å²) < 4.78 is 1.13. The summed E-state index contributed by atoms with van der Waals surface area (Å²) in [6.07, 6.45) is 3.31. The Balaban J connectivity index is 1.49. The van der Waals surface area contributed by atoms with E-state index in [0.29, 0.717) is 5.13 Å². The first-order valence-electron chi connectivity index (χ1n) is 7.12. The number of nitrogens with zero attached hydrogens (tertiary/aromatic N) is 2. The first-order valence-corrected chi connectivity index (χ1v) is 9.69. The number of thiazole rings is 2. The van der Waals surface area contributed by atoms with Crippen molar-refractivity contribution in [2.75, 3.05) is 5.32 Å². The molecule has 0 atom stereocenters. The maximum absolute atomic E-state index is 12.0. The molecule has 1 aromatic carbocycles. The van der Waals surface area contributed by atoms with Gasteiger partial charge in [0, 0.05) is 16.3 Å². The van der Waals surface area contributed by atoms with Crippen LogP contribution >= 0.6 is 34.0 Å². The van der Waals surface area contributed by atoms with Crippen molar-refractivity contribution in [3.63, 3.8) is 0 Å². The van der Waals surface area contributed by atoms with Crippen LogP contribution in [-0.4, -0.2) is 15.9 Å². The molecule has 0 fully saturated rings. The number of hydrogen-bond donors (Lipinski definition) is 1. The number of carbonyl (C=O) groups is 1. The predicted molar refractivity (Wildman–Crippen MR) is 103 cm³/mol. The standard InChI is InChI=1S/C17H11N3OS3/c21-15(8-7-11-4-3-9-22-11)20-17-19-13(10-23-17)16-18-12-5-1-2-6-14(12)24-16/h1-10H,(H,19,20,21)/b8-7+. The van der Waals surface area contributed by atoms with Crippen molar-refractivity contribution in [1.29, 1.82) is 0 Å². The van der Waals surface area contributed by atoms with E-state index in [1.54, 1.807) is 28.7 Å². The summed E-state index contributed by atoms with van der Waals surface area (Å²) in [5.41, 5.74) is 1.76. The smallest absolute Gasteiger partial charge is 0.250 e. The Morgan fingerprint density at radius 2 is 2.00 bits per heavy atom. The van der Waals surface area contributed by atoms with Crippen LogP contribution in [0.5, 0.6) is 0 Å². The lowest BCUT2D eigenvalue weighted by atomic mass is 10.3. The quantitative estimate of drug-likeness (QED) is 0.507. The number of rotatable bonds is 4. The van der Waals surface area contributed by atoms with Crippen LogP contribution in [0.15, 0.2) is 53.2 Å². The molecule has 1 N–H and O–H groups in total. The fourth-order valence-corrected chi connectivity index (χ4v) is 4.42. The van der Waals surface area contributed by atoms with E-state index in [4.69, 9.17) is 0 Å². The summed E-state index contributed by atoms with van der Waals surface area (Å²) in [5, 5.41) is 8.12. The average Bonchev–Trinajstić information content (AvgIpc) is 3.32. The van der Waals surface area contributed by atoms with E-state index < -0.39 is 0 Å². The van der Waals surface area contributed by atoms with Crippen molar-refractivity contribution < 1.29 is 4.79 Å². The van der Waals surface area contributed by atoms with Gasteiger partial charge < -0.3 is 0 Å². The van der Waals surface area contributed by atoms with Gasteiger partial charge in [0.05, 0.1) is 10.2 Å². The minimum absolute atomic E-state index is 0.186. The zero-order valence-corrected chi connectivity index (χ0v) is 14.8. The van der Waals surface area contributed by atoms with Gasteiger partial charge in [-0.05, 0) is 29.7 Å². The van der Waals surface area contributed by atoms with Gasteiger partial charge in [0.2, 0.25) is 5.91 Å². The van der Waals surface area contributed by atoms with Gasteiger partial charge >= 0.3 is 0 Å². The van der Waals surface area contributed by atoms with Crippen molar-refractivity contribution in [1.82, 2.24) is 9.97 Å². The lowest BCUT2D eigenvalue weighted by molar-refractivity contribution is -0.111. The highest BCUT2D eigenvalue weighted by atomic mass is 32.1. The highest BCUT2D eigenvalue weighted by Gasteiger charge is 2.10. The first kappa shape index (κ1) is 15.2. The Morgan fingerprint density at radius 3 is 2.83 bits per heavy atom. The second-order valence-corrected chi connectivity index (χ2v) is 7.73. The number of aromatic nitrogens is 2. The SMILES string of the molecule is O=C(/C=C/c1cccs1)Nc1nc(-c2nc3ccccc3s2)cs1. The number of thiophene rings is 1. The Kier molecular flexibility index (Phi) is 4.20. The molecule has 0 bridgehead atoms. The Bertz CT molecular complexity index is 982. The van der Waals surface area contributed by atoms with E-state index in [9.17, 15) is 4.79 Å². The maximum atomic E-state index is 12.0. The Labute approximate surface area is 150 Å². The Morgan fingerprint density at radius 1 is 1.08 bits per heavy atom. The molecule has 7 heteroatoms. The monoisotopic (exact) mass is 369 g/mol. The van der Waals surface area contributed by atoms with Gasteiger partial charge in [0.15, 0.2) is 5.13 Å². The van der Waals surface area contributed by atoms with Gasteiger partial charge in [0.1, 0.15) is 10.7 Å². The molecule has 24 heavy (non-hydrogen) atoms. The minimum atomic E-state index is -0.186.